The number of amides is 2. The predicted molar refractivity (Wildman–Crippen MR) is 134 cm³/mol. The molecule has 3 heterocycles. The first kappa shape index (κ1) is 26.0. The molecule has 4 rings (SSSR count). The number of aromatic amines is 2. The Morgan fingerprint density at radius 3 is 2.38 bits per heavy atom. The second kappa shape index (κ2) is 11.8. The fourth-order valence-electron chi connectivity index (χ4n) is 3.85. The molecule has 1 aliphatic heterocycles. The van der Waals surface area contributed by atoms with Crippen molar-refractivity contribution in [2.24, 2.45) is 0 Å². The summed E-state index contributed by atoms with van der Waals surface area (Å²) < 4.78 is 12.0. The summed E-state index contributed by atoms with van der Waals surface area (Å²) in [7, 11) is 1.57. The van der Waals surface area contributed by atoms with Gasteiger partial charge in [-0.3, -0.25) is 19.1 Å². The molecule has 0 aliphatic carbocycles. The van der Waals surface area contributed by atoms with Crippen molar-refractivity contribution in [3.63, 3.8) is 0 Å². The summed E-state index contributed by atoms with van der Waals surface area (Å²) in [4.78, 5) is 56.3. The van der Waals surface area contributed by atoms with E-state index in [0.717, 1.165) is 5.69 Å². The van der Waals surface area contributed by atoms with Crippen LogP contribution in [0.5, 0.6) is 5.75 Å². The Balaban J connectivity index is 1.50. The molecule has 2 aromatic heterocycles. The van der Waals surface area contributed by atoms with E-state index in [1.807, 2.05) is 12.1 Å². The molecule has 2 N–H and O–H groups in total. The van der Waals surface area contributed by atoms with Crippen LogP contribution in [0.2, 0.25) is 0 Å². The van der Waals surface area contributed by atoms with Gasteiger partial charge in [-0.05, 0) is 31.2 Å². The lowest BCUT2D eigenvalue weighted by Gasteiger charge is -2.34. The largest absolute Gasteiger partial charge is 0.497 e. The van der Waals surface area contributed by atoms with E-state index in [1.54, 1.807) is 40.5 Å². The molecular weight excluding hydrogens is 502 g/mol. The highest BCUT2D eigenvalue weighted by atomic mass is 32.2. The highest BCUT2D eigenvalue weighted by Gasteiger charge is 2.25. The Kier molecular flexibility index (Phi) is 8.28. The maximum Gasteiger partial charge on any atom is 0.409 e. The molecule has 3 aromatic rings. The van der Waals surface area contributed by atoms with E-state index in [9.17, 15) is 19.2 Å². The van der Waals surface area contributed by atoms with Crippen LogP contribution >= 0.6 is 11.8 Å². The first-order valence-electron chi connectivity index (χ1n) is 11.6. The molecule has 0 spiro atoms. The van der Waals surface area contributed by atoms with Crippen LogP contribution in [0, 0.1) is 0 Å². The number of benzene rings is 1. The van der Waals surface area contributed by atoms with Gasteiger partial charge in [0.25, 0.3) is 5.56 Å². The van der Waals surface area contributed by atoms with Crippen molar-refractivity contribution < 1.29 is 19.1 Å². The lowest BCUT2D eigenvalue weighted by molar-refractivity contribution is -0.129. The van der Waals surface area contributed by atoms with Gasteiger partial charge in [-0.1, -0.05) is 11.8 Å². The van der Waals surface area contributed by atoms with E-state index in [0.29, 0.717) is 55.2 Å². The monoisotopic (exact) mass is 529 g/mol. The highest BCUT2D eigenvalue weighted by molar-refractivity contribution is 7.99. The van der Waals surface area contributed by atoms with Crippen LogP contribution in [-0.4, -0.2) is 92.2 Å². The van der Waals surface area contributed by atoms with Crippen LogP contribution in [0.15, 0.2) is 45.1 Å². The minimum atomic E-state index is -0.610. The number of hydrogen-bond donors (Lipinski definition) is 2. The molecule has 14 heteroatoms. The molecule has 0 radical (unpaired) electrons. The van der Waals surface area contributed by atoms with Crippen molar-refractivity contribution in [2.45, 2.75) is 18.5 Å². The zero-order valence-corrected chi connectivity index (χ0v) is 21.2. The van der Waals surface area contributed by atoms with Gasteiger partial charge in [0.2, 0.25) is 5.91 Å². The van der Waals surface area contributed by atoms with Gasteiger partial charge in [-0.2, -0.15) is 0 Å². The number of nitrogens with zero attached hydrogens (tertiary/aromatic N) is 5. The Hall–Kier alpha value is -4.07. The number of carbonyl (C=O) groups excluding carboxylic acids is 2. The SMILES string of the molecule is CCOC(=O)N1CCN(C(=O)CSc2nnc(Cc3cc(=O)[nH]c(=O)[nH]3)n2-c2ccc(OC)cc2)CC1. The van der Waals surface area contributed by atoms with Gasteiger partial charge in [0, 0.05) is 50.0 Å². The fourth-order valence-corrected chi connectivity index (χ4v) is 4.73. The second-order valence-corrected chi connectivity index (χ2v) is 9.02. The van der Waals surface area contributed by atoms with Crippen LogP contribution in [-0.2, 0) is 16.0 Å². The Morgan fingerprint density at radius 1 is 1.03 bits per heavy atom. The third-order valence-corrected chi connectivity index (χ3v) is 6.59. The molecule has 0 bridgehead atoms. The zero-order valence-electron chi connectivity index (χ0n) is 20.4. The highest BCUT2D eigenvalue weighted by Crippen LogP contribution is 2.25. The minimum Gasteiger partial charge on any atom is -0.497 e. The molecule has 2 amide bonds. The molecular formula is C23H27N7O6S. The molecule has 13 nitrogen and oxygen atoms in total. The quantitative estimate of drug-likeness (QED) is 0.400. The number of nitrogens with one attached hydrogen (secondary N) is 2. The van der Waals surface area contributed by atoms with E-state index in [2.05, 4.69) is 20.2 Å². The van der Waals surface area contributed by atoms with Crippen LogP contribution in [0.3, 0.4) is 0 Å². The van der Waals surface area contributed by atoms with Crippen molar-refractivity contribution >= 4 is 23.8 Å². The van der Waals surface area contributed by atoms with Gasteiger partial charge in [0.05, 0.1) is 19.5 Å². The predicted octanol–water partition coefficient (Wildman–Crippen LogP) is 0.636. The van der Waals surface area contributed by atoms with Gasteiger partial charge in [-0.25, -0.2) is 9.59 Å². The van der Waals surface area contributed by atoms with Gasteiger partial charge in [-0.15, -0.1) is 10.2 Å². The molecule has 196 valence electrons. The number of ether oxygens (including phenoxy) is 2. The number of H-pyrrole nitrogens is 2. The molecule has 1 fully saturated rings. The van der Waals surface area contributed by atoms with Crippen molar-refractivity contribution in [2.75, 3.05) is 45.6 Å². The smallest absolute Gasteiger partial charge is 0.409 e. The Labute approximate surface area is 215 Å². The normalized spacial score (nSPS) is 13.5. The maximum absolute atomic E-state index is 12.9. The third kappa shape index (κ3) is 6.39. The number of methoxy groups -OCH3 is 1. The Morgan fingerprint density at radius 2 is 1.73 bits per heavy atom. The van der Waals surface area contributed by atoms with Crippen LogP contribution in [0.4, 0.5) is 4.79 Å². The van der Waals surface area contributed by atoms with E-state index in [1.165, 1.54) is 17.8 Å². The fraction of sp³-hybridized carbons (Fsp3) is 0.391. The number of hydrogen-bond acceptors (Lipinski definition) is 9. The zero-order chi connectivity index (χ0) is 26.4. The number of aromatic nitrogens is 5. The van der Waals surface area contributed by atoms with Crippen molar-refractivity contribution in [3.8, 4) is 11.4 Å². The number of thioether (sulfide) groups is 1. The Bertz CT molecular complexity index is 1330. The summed E-state index contributed by atoms with van der Waals surface area (Å²) in [5.41, 5.74) is -0.0206. The van der Waals surface area contributed by atoms with Gasteiger partial charge < -0.3 is 24.3 Å². The van der Waals surface area contributed by atoms with E-state index < -0.39 is 11.2 Å². The first-order chi connectivity index (χ1) is 17.9. The molecule has 0 unspecified atom stereocenters. The topological polar surface area (TPSA) is 156 Å². The summed E-state index contributed by atoms with van der Waals surface area (Å²) in [5, 5.41) is 9.02. The van der Waals surface area contributed by atoms with E-state index in [-0.39, 0.29) is 24.2 Å². The molecule has 1 saturated heterocycles. The van der Waals surface area contributed by atoms with Crippen molar-refractivity contribution in [3.05, 3.63) is 62.7 Å². The number of rotatable bonds is 8. The van der Waals surface area contributed by atoms with Crippen molar-refractivity contribution in [1.82, 2.24) is 34.5 Å². The summed E-state index contributed by atoms with van der Waals surface area (Å²) in [5.74, 6) is 1.18. The molecule has 1 aliphatic rings. The average molecular weight is 530 g/mol. The van der Waals surface area contributed by atoms with Crippen molar-refractivity contribution in [1.29, 1.82) is 0 Å². The molecule has 1 aromatic carbocycles. The lowest BCUT2D eigenvalue weighted by Crippen LogP contribution is -2.51. The van der Waals surface area contributed by atoms with Gasteiger partial charge >= 0.3 is 11.8 Å². The molecule has 37 heavy (non-hydrogen) atoms. The van der Waals surface area contributed by atoms with E-state index >= 15 is 0 Å². The van der Waals surface area contributed by atoms with Gasteiger partial charge in [0.15, 0.2) is 5.16 Å². The summed E-state index contributed by atoms with van der Waals surface area (Å²) in [6, 6.07) is 8.52. The minimum absolute atomic E-state index is 0.0849. The number of piperazine rings is 1. The first-order valence-corrected chi connectivity index (χ1v) is 12.6. The summed E-state index contributed by atoms with van der Waals surface area (Å²) in [6.07, 6.45) is -0.228. The van der Waals surface area contributed by atoms with Crippen LogP contribution in [0.25, 0.3) is 5.69 Å². The number of carbonyl (C=O) groups is 2. The lowest BCUT2D eigenvalue weighted by atomic mass is 10.2. The summed E-state index contributed by atoms with van der Waals surface area (Å²) in [6.45, 7) is 3.73. The maximum atomic E-state index is 12.9. The van der Waals surface area contributed by atoms with Gasteiger partial charge in [0.1, 0.15) is 11.6 Å². The van der Waals surface area contributed by atoms with Crippen LogP contribution in [0.1, 0.15) is 18.4 Å². The standard InChI is InChI=1S/C23H27N7O6S/c1-3-36-23(34)29-10-8-28(9-11-29)20(32)14-37-22-27-26-18(12-15-13-19(31)25-21(33)24-15)30(22)16-4-6-17(35-2)7-5-16/h4-7,13H,3,8-12,14H2,1-2H3,(H2,24,25,31,33). The van der Waals surface area contributed by atoms with Crippen LogP contribution < -0.4 is 16.0 Å². The third-order valence-electron chi connectivity index (χ3n) is 5.68. The summed E-state index contributed by atoms with van der Waals surface area (Å²) >= 11 is 1.23. The average Bonchev–Trinajstić information content (AvgIpc) is 3.29. The molecule has 0 atom stereocenters. The second-order valence-electron chi connectivity index (χ2n) is 8.08. The molecule has 0 saturated carbocycles. The van der Waals surface area contributed by atoms with E-state index in [4.69, 9.17) is 9.47 Å².